The lowest BCUT2D eigenvalue weighted by atomic mass is 9.58. The van der Waals surface area contributed by atoms with E-state index in [1.165, 1.54) is 0 Å². The minimum Gasteiger partial charge on any atom is -0.510 e. The predicted octanol–water partition coefficient (Wildman–Crippen LogP) is 3.41. The van der Waals surface area contributed by atoms with E-state index in [-0.39, 0.29) is 23.3 Å². The van der Waals surface area contributed by atoms with Crippen LogP contribution in [0.15, 0.2) is 28.7 Å². The first-order valence-corrected chi connectivity index (χ1v) is 13.8. The summed E-state index contributed by atoms with van der Waals surface area (Å²) in [5.41, 5.74) is -2.32. The number of allylic oxidation sites excluding steroid dienone is 1. The molecule has 5 N–H and O–H groups in total. The van der Waals surface area contributed by atoms with Crippen LogP contribution in [-0.2, 0) is 27.8 Å². The molecule has 0 saturated heterocycles. The third kappa shape index (κ3) is 4.34. The van der Waals surface area contributed by atoms with Crippen LogP contribution in [-0.4, -0.2) is 74.1 Å². The van der Waals surface area contributed by atoms with E-state index in [4.69, 9.17) is 0 Å². The second kappa shape index (κ2) is 9.45. The van der Waals surface area contributed by atoms with Crippen LogP contribution >= 0.6 is 0 Å². The maximum atomic E-state index is 14.1. The third-order valence-corrected chi connectivity index (χ3v) is 8.47. The molecular formula is C31H42N2O7. The lowest BCUT2D eigenvalue weighted by molar-refractivity contribution is -0.149. The topological polar surface area (TPSA) is 147 Å². The number of aliphatic hydroxyl groups excluding tert-OH is 2. The van der Waals surface area contributed by atoms with E-state index in [2.05, 4.69) is 5.32 Å². The number of hydrogen-bond donors (Lipinski definition) is 5. The number of hydrogen-bond acceptors (Lipinski definition) is 8. The average molecular weight is 555 g/mol. The van der Waals surface area contributed by atoms with Crippen molar-refractivity contribution >= 4 is 17.5 Å². The van der Waals surface area contributed by atoms with Gasteiger partial charge in [-0.15, -0.1) is 0 Å². The number of nitrogens with one attached hydrogen (secondary N) is 1. The molecule has 1 aromatic carbocycles. The van der Waals surface area contributed by atoms with Gasteiger partial charge in [-0.05, 0) is 76.6 Å². The fourth-order valence-corrected chi connectivity index (χ4v) is 6.67. The number of ketones is 2. The third-order valence-electron chi connectivity index (χ3n) is 8.47. The Bertz CT molecular complexity index is 1370. The van der Waals surface area contributed by atoms with Gasteiger partial charge in [0.15, 0.2) is 11.4 Å². The summed E-state index contributed by atoms with van der Waals surface area (Å²) >= 11 is 0. The summed E-state index contributed by atoms with van der Waals surface area (Å²) in [6.07, 6.45) is 1.03. The number of benzene rings is 1. The molecule has 0 unspecified atom stereocenters. The van der Waals surface area contributed by atoms with E-state index in [0.717, 1.165) is 5.56 Å². The standard InChI is InChI=1S/C31H42N2O7/c1-10-14-12-18(29(2,3)4)23(34)20-16(14)11-15-13-17-22(33(8)9)25(36)21(28(39)32-30(5,6)7)27(38)31(17,40)26(37)19(15)24(20)35/h12,15,17,22,34,36-37,40H,10-11,13H2,1-9H3,(H,32,39)/t15-,17-,22-,31-/m1/s1. The summed E-state index contributed by atoms with van der Waals surface area (Å²) in [6, 6.07) is 0.947. The minimum atomic E-state index is -2.62. The van der Waals surface area contributed by atoms with Crippen molar-refractivity contribution in [3.63, 3.8) is 0 Å². The number of aryl methyl sites for hydroxylation is 1. The number of Topliss-reactive ketones (excluding diaryl/α,β-unsaturated/α-hetero) is 2. The Morgan fingerprint density at radius 1 is 1.10 bits per heavy atom. The van der Waals surface area contributed by atoms with Gasteiger partial charge in [-0.1, -0.05) is 33.8 Å². The van der Waals surface area contributed by atoms with Gasteiger partial charge < -0.3 is 25.7 Å². The van der Waals surface area contributed by atoms with Gasteiger partial charge in [0, 0.05) is 22.6 Å². The van der Waals surface area contributed by atoms with Crippen molar-refractivity contribution in [3.8, 4) is 5.75 Å². The zero-order chi connectivity index (χ0) is 30.3. The van der Waals surface area contributed by atoms with Crippen LogP contribution < -0.4 is 5.32 Å². The Hall–Kier alpha value is -3.17. The largest absolute Gasteiger partial charge is 0.510 e. The van der Waals surface area contributed by atoms with Crippen LogP contribution in [0.5, 0.6) is 5.75 Å². The molecule has 3 aliphatic carbocycles. The van der Waals surface area contributed by atoms with Crippen molar-refractivity contribution in [3.05, 3.63) is 51.0 Å². The van der Waals surface area contributed by atoms with E-state index in [1.54, 1.807) is 39.8 Å². The molecule has 0 bridgehead atoms. The Morgan fingerprint density at radius 2 is 1.70 bits per heavy atom. The van der Waals surface area contributed by atoms with Gasteiger partial charge in [0.1, 0.15) is 22.8 Å². The molecule has 0 aromatic heterocycles. The first kappa shape index (κ1) is 29.8. The summed E-state index contributed by atoms with van der Waals surface area (Å²) in [5.74, 6) is -5.72. The van der Waals surface area contributed by atoms with Gasteiger partial charge in [-0.3, -0.25) is 19.3 Å². The van der Waals surface area contributed by atoms with Crippen LogP contribution in [0.3, 0.4) is 0 Å². The number of phenolic OH excluding ortho intramolecular Hbond substituents is 1. The first-order valence-electron chi connectivity index (χ1n) is 13.8. The van der Waals surface area contributed by atoms with Crippen LogP contribution in [0.2, 0.25) is 0 Å². The summed E-state index contributed by atoms with van der Waals surface area (Å²) in [6.45, 7) is 12.9. The average Bonchev–Trinajstić information content (AvgIpc) is 2.79. The maximum absolute atomic E-state index is 14.1. The number of carbonyl (C=O) groups excluding carboxylic acids is 3. The molecule has 0 heterocycles. The molecule has 0 aliphatic heterocycles. The lowest BCUT2D eigenvalue weighted by Gasteiger charge is -2.50. The second-order valence-corrected chi connectivity index (χ2v) is 13.7. The molecule has 0 fully saturated rings. The Morgan fingerprint density at radius 3 is 2.20 bits per heavy atom. The molecule has 9 nitrogen and oxygen atoms in total. The molecule has 0 radical (unpaired) electrons. The van der Waals surface area contributed by atoms with E-state index in [1.807, 2.05) is 33.8 Å². The van der Waals surface area contributed by atoms with Crippen LogP contribution in [0.1, 0.15) is 81.9 Å². The number of aliphatic hydroxyl groups is 3. The van der Waals surface area contributed by atoms with Crippen molar-refractivity contribution in [2.45, 2.75) is 90.3 Å². The molecule has 1 amide bonds. The number of fused-ring (bicyclic) bond motifs is 3. The van der Waals surface area contributed by atoms with Crippen molar-refractivity contribution < 1.29 is 34.8 Å². The molecule has 4 rings (SSSR count). The minimum absolute atomic E-state index is 0.0839. The molecule has 0 spiro atoms. The molecule has 1 aromatic rings. The highest BCUT2D eigenvalue weighted by Crippen LogP contribution is 2.53. The highest BCUT2D eigenvalue weighted by Gasteiger charge is 2.63. The van der Waals surface area contributed by atoms with Crippen molar-refractivity contribution in [2.75, 3.05) is 14.1 Å². The van der Waals surface area contributed by atoms with Crippen molar-refractivity contribution in [1.29, 1.82) is 0 Å². The van der Waals surface area contributed by atoms with E-state index in [0.29, 0.717) is 24.0 Å². The van der Waals surface area contributed by atoms with E-state index < -0.39 is 69.0 Å². The zero-order valence-corrected chi connectivity index (χ0v) is 24.9. The predicted molar refractivity (Wildman–Crippen MR) is 150 cm³/mol. The van der Waals surface area contributed by atoms with Gasteiger partial charge >= 0.3 is 0 Å². The second-order valence-electron chi connectivity index (χ2n) is 13.7. The smallest absolute Gasteiger partial charge is 0.258 e. The molecule has 40 heavy (non-hydrogen) atoms. The van der Waals surface area contributed by atoms with Gasteiger partial charge in [-0.25, -0.2) is 0 Å². The van der Waals surface area contributed by atoms with Gasteiger partial charge in [0.25, 0.3) is 5.91 Å². The molecule has 0 saturated carbocycles. The number of likely N-dealkylation sites (N-methyl/N-ethyl adjacent to an activating group) is 1. The molecule has 9 heteroatoms. The quantitative estimate of drug-likeness (QED) is 0.357. The summed E-state index contributed by atoms with van der Waals surface area (Å²) in [4.78, 5) is 42.8. The summed E-state index contributed by atoms with van der Waals surface area (Å²) < 4.78 is 0. The summed E-state index contributed by atoms with van der Waals surface area (Å²) in [7, 11) is 3.30. The fraction of sp³-hybridized carbons (Fsp3) is 0.581. The number of phenols is 1. The first-order chi connectivity index (χ1) is 18.3. The number of rotatable bonds is 3. The number of amides is 1. The van der Waals surface area contributed by atoms with Crippen LogP contribution in [0.4, 0.5) is 0 Å². The van der Waals surface area contributed by atoms with E-state index in [9.17, 15) is 34.8 Å². The Balaban J connectivity index is 1.96. The van der Waals surface area contributed by atoms with Crippen LogP contribution in [0.25, 0.3) is 0 Å². The normalized spacial score (nSPS) is 27.0. The number of carbonyl (C=O) groups is 3. The van der Waals surface area contributed by atoms with Gasteiger partial charge in [-0.2, -0.15) is 0 Å². The highest BCUT2D eigenvalue weighted by molar-refractivity contribution is 6.25. The summed E-state index contributed by atoms with van der Waals surface area (Å²) in [5, 5.41) is 48.9. The zero-order valence-electron chi connectivity index (χ0n) is 24.9. The van der Waals surface area contributed by atoms with Gasteiger partial charge in [0.2, 0.25) is 5.78 Å². The molecule has 4 atom stereocenters. The van der Waals surface area contributed by atoms with E-state index >= 15 is 0 Å². The molecule has 218 valence electrons. The van der Waals surface area contributed by atoms with Crippen molar-refractivity contribution in [2.24, 2.45) is 11.8 Å². The lowest BCUT2D eigenvalue weighted by Crippen LogP contribution is -2.64. The van der Waals surface area contributed by atoms with Gasteiger partial charge in [0.05, 0.1) is 11.6 Å². The Labute approximate surface area is 235 Å². The SMILES string of the molecule is CCc1cc(C(C)(C)C)c(O)c2c1C[C@@H]1C[C@@H]3[C@@H](N(C)C)C(O)=C(C(=O)NC(C)(C)C)C(=O)[C@]3(O)C(O)=C1C2=O. The highest BCUT2D eigenvalue weighted by atomic mass is 16.3. The molecular weight excluding hydrogens is 512 g/mol. The maximum Gasteiger partial charge on any atom is 0.258 e. The molecule has 3 aliphatic rings. The fourth-order valence-electron chi connectivity index (χ4n) is 6.67. The van der Waals surface area contributed by atoms with Crippen molar-refractivity contribution in [1.82, 2.24) is 10.2 Å². The number of aromatic hydroxyl groups is 1. The monoisotopic (exact) mass is 554 g/mol. The Kier molecular flexibility index (Phi) is 7.04. The number of nitrogens with zero attached hydrogens (tertiary/aromatic N) is 1. The van der Waals surface area contributed by atoms with Crippen LogP contribution in [0, 0.1) is 11.8 Å².